The summed E-state index contributed by atoms with van der Waals surface area (Å²) in [6.07, 6.45) is -0.0238. The van der Waals surface area contributed by atoms with Crippen LogP contribution in [0.5, 0.6) is 5.75 Å². The van der Waals surface area contributed by atoms with Crippen molar-refractivity contribution >= 4 is 24.2 Å². The number of esters is 1. The summed E-state index contributed by atoms with van der Waals surface area (Å²) in [6.45, 7) is 10.1. The first-order chi connectivity index (χ1) is 15.4. The maximum atomic E-state index is 12.3. The maximum Gasteiger partial charge on any atom is 0.410 e. The van der Waals surface area contributed by atoms with Gasteiger partial charge < -0.3 is 34.3 Å². The Bertz CT molecular complexity index is 795. The van der Waals surface area contributed by atoms with Gasteiger partial charge in [-0.2, -0.15) is 0 Å². The highest BCUT2D eigenvalue weighted by Gasteiger charge is 2.23. The Hall–Kier alpha value is -2.85. The van der Waals surface area contributed by atoms with Crippen LogP contribution in [0, 0.1) is 0 Å². The summed E-state index contributed by atoms with van der Waals surface area (Å²) >= 11 is 0. The SMILES string of the molecule is COc1cc(C(=O)OC(C)OC(=O)NCCC(C)(C)OCCC(C)(C)OC)ccc1NC=O. The van der Waals surface area contributed by atoms with Crippen LogP contribution in [0.25, 0.3) is 0 Å². The number of rotatable bonds is 14. The molecule has 0 aliphatic carbocycles. The summed E-state index contributed by atoms with van der Waals surface area (Å²) in [7, 11) is 3.07. The van der Waals surface area contributed by atoms with Crippen molar-refractivity contribution in [2.45, 2.75) is 65.0 Å². The van der Waals surface area contributed by atoms with E-state index in [9.17, 15) is 14.4 Å². The Morgan fingerprint density at radius 2 is 1.76 bits per heavy atom. The zero-order valence-corrected chi connectivity index (χ0v) is 20.5. The molecule has 2 N–H and O–H groups in total. The van der Waals surface area contributed by atoms with Crippen LogP contribution in [-0.2, 0) is 23.7 Å². The molecule has 1 aromatic carbocycles. The van der Waals surface area contributed by atoms with Crippen molar-refractivity contribution in [2.24, 2.45) is 0 Å². The van der Waals surface area contributed by atoms with Crippen LogP contribution < -0.4 is 15.4 Å². The molecule has 186 valence electrons. The van der Waals surface area contributed by atoms with E-state index in [0.717, 1.165) is 6.42 Å². The van der Waals surface area contributed by atoms with E-state index >= 15 is 0 Å². The van der Waals surface area contributed by atoms with E-state index in [-0.39, 0.29) is 11.2 Å². The minimum absolute atomic E-state index is 0.176. The highest BCUT2D eigenvalue weighted by atomic mass is 16.7. The molecule has 0 aliphatic rings. The first-order valence-electron chi connectivity index (χ1n) is 10.7. The second-order valence-electron chi connectivity index (χ2n) is 8.55. The topological polar surface area (TPSA) is 121 Å². The highest BCUT2D eigenvalue weighted by molar-refractivity contribution is 5.91. The number of carbonyl (C=O) groups is 3. The lowest BCUT2D eigenvalue weighted by Crippen LogP contribution is -2.36. The van der Waals surface area contributed by atoms with Gasteiger partial charge in [0.25, 0.3) is 0 Å². The molecule has 0 bridgehead atoms. The summed E-state index contributed by atoms with van der Waals surface area (Å²) in [5, 5.41) is 5.08. The largest absolute Gasteiger partial charge is 0.495 e. The van der Waals surface area contributed by atoms with Gasteiger partial charge in [0.15, 0.2) is 0 Å². The van der Waals surface area contributed by atoms with Crippen LogP contribution in [0.15, 0.2) is 18.2 Å². The molecule has 33 heavy (non-hydrogen) atoms. The predicted octanol–water partition coefficient (Wildman–Crippen LogP) is 3.49. The summed E-state index contributed by atoms with van der Waals surface area (Å²) in [6, 6.07) is 4.37. The normalized spacial score (nSPS) is 12.5. The molecule has 0 fully saturated rings. The van der Waals surface area contributed by atoms with Crippen molar-refractivity contribution in [1.29, 1.82) is 0 Å². The van der Waals surface area contributed by atoms with Gasteiger partial charge in [-0.3, -0.25) is 4.79 Å². The number of hydrogen-bond donors (Lipinski definition) is 2. The monoisotopic (exact) mass is 468 g/mol. The molecule has 10 nitrogen and oxygen atoms in total. The number of methoxy groups -OCH3 is 2. The van der Waals surface area contributed by atoms with Crippen molar-refractivity contribution in [2.75, 3.05) is 32.7 Å². The van der Waals surface area contributed by atoms with Crippen LogP contribution in [-0.4, -0.2) is 63.3 Å². The molecule has 10 heteroatoms. The number of carbonyl (C=O) groups excluding carboxylic acids is 3. The van der Waals surface area contributed by atoms with Crippen LogP contribution in [0.4, 0.5) is 10.5 Å². The van der Waals surface area contributed by atoms with Crippen LogP contribution in [0.1, 0.15) is 57.8 Å². The van der Waals surface area contributed by atoms with Crippen molar-refractivity contribution in [3.05, 3.63) is 23.8 Å². The van der Waals surface area contributed by atoms with Crippen molar-refractivity contribution < 1.29 is 38.1 Å². The van der Waals surface area contributed by atoms with Gasteiger partial charge in [-0.1, -0.05) is 0 Å². The third-order valence-corrected chi connectivity index (χ3v) is 4.94. The quantitative estimate of drug-likeness (QED) is 0.242. The van der Waals surface area contributed by atoms with Gasteiger partial charge in [-0.15, -0.1) is 0 Å². The summed E-state index contributed by atoms with van der Waals surface area (Å²) in [5.74, 6) is -0.418. The lowest BCUT2D eigenvalue weighted by Gasteiger charge is -2.29. The molecule has 0 radical (unpaired) electrons. The van der Waals surface area contributed by atoms with Crippen molar-refractivity contribution in [3.8, 4) is 5.75 Å². The number of amides is 2. The van der Waals surface area contributed by atoms with Gasteiger partial charge in [0, 0.05) is 20.6 Å². The van der Waals surface area contributed by atoms with Gasteiger partial charge in [0.1, 0.15) is 5.75 Å². The summed E-state index contributed by atoms with van der Waals surface area (Å²) < 4.78 is 26.6. The van der Waals surface area contributed by atoms with E-state index in [2.05, 4.69) is 10.6 Å². The zero-order chi connectivity index (χ0) is 25.1. The third kappa shape index (κ3) is 10.5. The Kier molecular flexibility index (Phi) is 11.1. The Labute approximate surface area is 195 Å². The summed E-state index contributed by atoms with van der Waals surface area (Å²) in [5.41, 5.74) is -0.124. The Balaban J connectivity index is 2.43. The average Bonchev–Trinajstić information content (AvgIpc) is 2.73. The third-order valence-electron chi connectivity index (χ3n) is 4.94. The van der Waals surface area contributed by atoms with Crippen LogP contribution in [0.2, 0.25) is 0 Å². The summed E-state index contributed by atoms with van der Waals surface area (Å²) in [4.78, 5) is 34.9. The van der Waals surface area contributed by atoms with Crippen LogP contribution >= 0.6 is 0 Å². The molecule has 0 spiro atoms. The van der Waals surface area contributed by atoms with E-state index in [1.54, 1.807) is 7.11 Å². The molecule has 1 unspecified atom stereocenters. The van der Waals surface area contributed by atoms with Crippen molar-refractivity contribution in [1.82, 2.24) is 5.32 Å². The van der Waals surface area contributed by atoms with Gasteiger partial charge >= 0.3 is 12.1 Å². The fourth-order valence-corrected chi connectivity index (χ4v) is 2.65. The lowest BCUT2D eigenvalue weighted by molar-refractivity contribution is -0.105. The fourth-order valence-electron chi connectivity index (χ4n) is 2.65. The van der Waals surface area contributed by atoms with E-state index in [1.807, 2.05) is 27.7 Å². The van der Waals surface area contributed by atoms with E-state index < -0.39 is 24.0 Å². The Morgan fingerprint density at radius 3 is 2.36 bits per heavy atom. The predicted molar refractivity (Wildman–Crippen MR) is 122 cm³/mol. The molecule has 0 heterocycles. The molecule has 0 saturated heterocycles. The zero-order valence-electron chi connectivity index (χ0n) is 20.5. The standard InChI is InChI=1S/C23H36N2O8/c1-16(32-20(27)17-8-9-18(25-15-26)19(14-17)29-6)33-21(28)24-12-10-23(4,5)31-13-11-22(2,3)30-7/h8-9,14-16H,10-13H2,1-7H3,(H,24,28)(H,25,26). The van der Waals surface area contributed by atoms with E-state index in [0.29, 0.717) is 37.4 Å². The molecule has 0 saturated carbocycles. The van der Waals surface area contributed by atoms with E-state index in [1.165, 1.54) is 32.2 Å². The minimum Gasteiger partial charge on any atom is -0.495 e. The number of anilines is 1. The Morgan fingerprint density at radius 1 is 1.06 bits per heavy atom. The highest BCUT2D eigenvalue weighted by Crippen LogP contribution is 2.25. The van der Waals surface area contributed by atoms with Crippen LogP contribution in [0.3, 0.4) is 0 Å². The van der Waals surface area contributed by atoms with Gasteiger partial charge in [0.2, 0.25) is 12.7 Å². The second kappa shape index (κ2) is 13.0. The maximum absolute atomic E-state index is 12.3. The lowest BCUT2D eigenvalue weighted by atomic mass is 10.0. The first-order valence-corrected chi connectivity index (χ1v) is 10.7. The molecule has 1 aromatic rings. The molecule has 1 rings (SSSR count). The number of alkyl carbamates (subject to hydrolysis) is 1. The molecule has 1 atom stereocenters. The molecule has 0 aromatic heterocycles. The smallest absolute Gasteiger partial charge is 0.410 e. The molecular formula is C23H36N2O8. The molecule has 0 aliphatic heterocycles. The van der Waals surface area contributed by atoms with Gasteiger partial charge in [-0.25, -0.2) is 9.59 Å². The van der Waals surface area contributed by atoms with Gasteiger partial charge in [-0.05, 0) is 58.7 Å². The first kappa shape index (κ1) is 28.2. The fraction of sp³-hybridized carbons (Fsp3) is 0.609. The van der Waals surface area contributed by atoms with Gasteiger partial charge in [0.05, 0.1) is 36.2 Å². The van der Waals surface area contributed by atoms with Crippen molar-refractivity contribution in [3.63, 3.8) is 0 Å². The number of hydrogen-bond acceptors (Lipinski definition) is 8. The average molecular weight is 469 g/mol. The van der Waals surface area contributed by atoms with E-state index in [4.69, 9.17) is 23.7 Å². The molecule has 2 amide bonds. The number of benzene rings is 1. The second-order valence-corrected chi connectivity index (χ2v) is 8.55. The number of ether oxygens (including phenoxy) is 5. The minimum atomic E-state index is -1.11. The number of nitrogens with one attached hydrogen (secondary N) is 2. The molecular weight excluding hydrogens is 432 g/mol.